The summed E-state index contributed by atoms with van der Waals surface area (Å²) in [6.07, 6.45) is 0. The van der Waals surface area contributed by atoms with Gasteiger partial charge in [0, 0.05) is 10.8 Å². The Morgan fingerprint density at radius 1 is 0.627 bits per heavy atom. The zero-order chi connectivity index (χ0) is 53.5. The van der Waals surface area contributed by atoms with Crippen LogP contribution in [0.15, 0.2) is 169 Å². The summed E-state index contributed by atoms with van der Waals surface area (Å²) in [7, 11) is -9.07. The molecule has 0 aliphatic rings. The maximum absolute atomic E-state index is 13.4. The van der Waals surface area contributed by atoms with E-state index in [1.165, 1.54) is 44.2 Å². The first-order valence-corrected chi connectivity index (χ1v) is 25.7. The van der Waals surface area contributed by atoms with Crippen molar-refractivity contribution < 1.29 is 55.5 Å². The predicted octanol–water partition coefficient (Wildman–Crippen LogP) is 11.8. The van der Waals surface area contributed by atoms with E-state index in [2.05, 4.69) is 30.8 Å². The van der Waals surface area contributed by atoms with Gasteiger partial charge in [0.15, 0.2) is 5.75 Å². The van der Waals surface area contributed by atoms with Gasteiger partial charge in [-0.25, -0.2) is 0 Å². The van der Waals surface area contributed by atoms with E-state index >= 15 is 0 Å². The number of hydrogen-bond acceptors (Lipinski definition) is 15. The summed E-state index contributed by atoms with van der Waals surface area (Å²) in [6, 6.07) is 35.7. The molecule has 18 nitrogen and oxygen atoms in total. The van der Waals surface area contributed by atoms with Crippen molar-refractivity contribution >= 4 is 149 Å². The Bertz CT molecular complexity index is 3780. The van der Waals surface area contributed by atoms with Crippen molar-refractivity contribution in [3.63, 3.8) is 0 Å². The van der Waals surface area contributed by atoms with Crippen molar-refractivity contribution in [3.05, 3.63) is 166 Å². The zero-order valence-electron chi connectivity index (χ0n) is 40.1. The van der Waals surface area contributed by atoms with Gasteiger partial charge in [-0.1, -0.05) is 102 Å². The number of nitrogens with one attached hydrogen (secondary N) is 1. The molecule has 0 saturated heterocycles. The number of halogens is 2. The largest absolute Gasteiger partial charge is 2.00 e. The Morgan fingerprint density at radius 2 is 1.08 bits per heavy atom. The predicted molar refractivity (Wildman–Crippen MR) is 284 cm³/mol. The van der Waals surface area contributed by atoms with Crippen molar-refractivity contribution in [1.29, 1.82) is 0 Å². The van der Waals surface area contributed by atoms with Crippen molar-refractivity contribution in [3.8, 4) is 23.0 Å². The number of azo groups is 2. The first-order chi connectivity index (χ1) is 35.2. The number of aryl methyl sites for hydroxylation is 2. The van der Waals surface area contributed by atoms with Crippen LogP contribution in [-0.2, 0) is 20.2 Å². The second-order valence-corrected chi connectivity index (χ2v) is 19.4. The Kier molecular flexibility index (Phi) is 19.0. The summed E-state index contributed by atoms with van der Waals surface area (Å²) in [5, 5.41) is 58.4. The molecule has 380 valence electrons. The van der Waals surface area contributed by atoms with Crippen LogP contribution >= 0.6 is 23.2 Å². The Balaban J connectivity index is 0.000000241. The van der Waals surface area contributed by atoms with Gasteiger partial charge in [-0.15, -0.1) is 5.11 Å². The molecule has 0 unspecified atom stereocenters. The number of ether oxygens (including phenoxy) is 2. The van der Waals surface area contributed by atoms with Gasteiger partial charge in [0.2, 0.25) is 0 Å². The average molecular weight is 1120 g/mol. The minimum atomic E-state index is -4.54. The molecule has 0 radical (unpaired) electrons. The van der Waals surface area contributed by atoms with Crippen LogP contribution in [0.1, 0.15) is 40.9 Å². The summed E-state index contributed by atoms with van der Waals surface area (Å²) in [5.74, 6) is -1.53. The standard InChI is InChI=1S/2C26H22ClN3O6S.Ca/c2*1-3-36-22-11-7-6-10-21(22)28-26(32)19-13-16-8-4-5-9-18(16)23(24(19)31)30-29-17-12-15(2)25(20(27)14-17)37(33,34)35;/h2*4-14,31H,3H2,1-2H3,(H,28,32)(H,33,34,35);/q;;+2/p-2. The molecule has 0 saturated carbocycles. The first kappa shape index (κ1) is 57.6. The first-order valence-electron chi connectivity index (χ1n) is 22.1. The van der Waals surface area contributed by atoms with Crippen LogP contribution in [0.5, 0.6) is 23.0 Å². The molecule has 0 spiro atoms. The SMILES string of the molecule is CCOc1ccccc1N=C([O-])c1cc2ccccc2c(N=Nc2cc(C)c(S(=O)(=O)O)c(Cl)c2)c1[O-].CCOc1ccccc1NC(=O)c1cc2ccccc2c(N=Nc2cc(C)c(S(=O)(=O)O)c(Cl)c2)c1O.[Ca+2]. The van der Waals surface area contributed by atoms with E-state index in [1.54, 1.807) is 110 Å². The number of phenolic OH excluding ortho intramolecular Hbond substituents is 1. The van der Waals surface area contributed by atoms with Crippen LogP contribution < -0.4 is 25.0 Å². The van der Waals surface area contributed by atoms with Gasteiger partial charge < -0.3 is 30.1 Å². The van der Waals surface area contributed by atoms with E-state index < -0.39 is 53.3 Å². The molecule has 8 aromatic carbocycles. The van der Waals surface area contributed by atoms with Crippen LogP contribution in [0, 0.1) is 13.8 Å². The van der Waals surface area contributed by atoms with Crippen LogP contribution in [0.4, 0.5) is 34.1 Å². The monoisotopic (exact) mass is 1120 g/mol. The zero-order valence-corrected chi connectivity index (χ0v) is 45.5. The van der Waals surface area contributed by atoms with Gasteiger partial charge in [-0.2, -0.15) is 32.2 Å². The van der Waals surface area contributed by atoms with Crippen LogP contribution in [0.25, 0.3) is 21.5 Å². The number of amides is 1. The van der Waals surface area contributed by atoms with Gasteiger partial charge in [0.05, 0.1) is 51.6 Å². The van der Waals surface area contributed by atoms with E-state index in [0.29, 0.717) is 51.9 Å². The van der Waals surface area contributed by atoms with E-state index in [4.69, 9.17) is 32.7 Å². The summed E-state index contributed by atoms with van der Waals surface area (Å²) in [5.41, 5.74) is 1.07. The smallest absolute Gasteiger partial charge is 0.871 e. The van der Waals surface area contributed by atoms with Crippen LogP contribution in [0.3, 0.4) is 0 Å². The minimum Gasteiger partial charge on any atom is -0.871 e. The van der Waals surface area contributed by atoms with Gasteiger partial charge in [-0.05, 0) is 122 Å². The summed E-state index contributed by atoms with van der Waals surface area (Å²) >= 11 is 12.1. The third kappa shape index (κ3) is 13.6. The van der Waals surface area contributed by atoms with E-state index in [-0.39, 0.29) is 98.5 Å². The number of benzene rings is 8. The number of carbonyl (C=O) groups excluding carboxylic acids is 1. The van der Waals surface area contributed by atoms with Crippen LogP contribution in [0.2, 0.25) is 10.0 Å². The number of hydrogen-bond donors (Lipinski definition) is 4. The third-order valence-electron chi connectivity index (χ3n) is 10.7. The number of para-hydroxylation sites is 4. The summed E-state index contributed by atoms with van der Waals surface area (Å²) in [4.78, 5) is 16.4. The fourth-order valence-corrected chi connectivity index (χ4v) is 10.3. The molecule has 0 heterocycles. The average Bonchev–Trinajstić information content (AvgIpc) is 3.33. The molecule has 8 aromatic rings. The molecule has 1 amide bonds. The van der Waals surface area contributed by atoms with E-state index in [1.807, 2.05) is 6.92 Å². The normalized spacial score (nSPS) is 11.9. The number of aromatic hydroxyl groups is 1. The molecule has 0 aliphatic carbocycles. The Hall–Kier alpha value is -6.72. The number of phenols is 1. The van der Waals surface area contributed by atoms with Gasteiger partial charge in [-0.3, -0.25) is 18.9 Å². The second kappa shape index (κ2) is 24.7. The van der Waals surface area contributed by atoms with Crippen molar-refractivity contribution in [1.82, 2.24) is 0 Å². The van der Waals surface area contributed by atoms with Crippen LogP contribution in [-0.4, -0.2) is 93.8 Å². The molecule has 0 fully saturated rings. The van der Waals surface area contributed by atoms with Crippen molar-refractivity contribution in [2.24, 2.45) is 25.4 Å². The number of nitrogens with zero attached hydrogens (tertiary/aromatic N) is 5. The molecule has 4 N–H and O–H groups in total. The van der Waals surface area contributed by atoms with Gasteiger partial charge in [0.1, 0.15) is 32.7 Å². The molecular weight excluding hydrogens is 1080 g/mol. The third-order valence-corrected chi connectivity index (χ3v) is 13.7. The fraction of sp³-hybridized carbons (Fsp3) is 0.115. The Morgan fingerprint density at radius 3 is 1.61 bits per heavy atom. The number of fused-ring (bicyclic) bond motifs is 2. The summed E-state index contributed by atoms with van der Waals surface area (Å²) in [6.45, 7) is 7.31. The quantitative estimate of drug-likeness (QED) is 0.0260. The number of aliphatic imine (C=N–C) groups is 1. The molecule has 0 aliphatic heterocycles. The van der Waals surface area contributed by atoms with Gasteiger partial charge in [0.25, 0.3) is 26.1 Å². The van der Waals surface area contributed by atoms with E-state index in [9.17, 15) is 46.1 Å². The maximum Gasteiger partial charge on any atom is 2.00 e. The second-order valence-electron chi connectivity index (χ2n) is 15.9. The summed E-state index contributed by atoms with van der Waals surface area (Å²) < 4.78 is 76.2. The molecule has 0 aromatic heterocycles. The van der Waals surface area contributed by atoms with E-state index in [0.717, 1.165) is 0 Å². The Labute approximate surface area is 470 Å². The minimum absolute atomic E-state index is 0. The molecular formula is C52H42CaCl2N6O12S2. The molecule has 0 atom stereocenters. The number of carbonyl (C=O) groups is 1. The number of rotatable bonds is 14. The topological polar surface area (TPSA) is 284 Å². The number of anilines is 1. The molecule has 75 heavy (non-hydrogen) atoms. The van der Waals surface area contributed by atoms with Crippen molar-refractivity contribution in [2.45, 2.75) is 37.5 Å². The fourth-order valence-electron chi connectivity index (χ4n) is 7.61. The van der Waals surface area contributed by atoms with Gasteiger partial charge >= 0.3 is 37.7 Å². The molecule has 23 heteroatoms. The molecule has 0 bridgehead atoms. The molecule has 8 rings (SSSR count). The maximum atomic E-state index is 13.4. The van der Waals surface area contributed by atoms with Crippen molar-refractivity contribution in [2.75, 3.05) is 18.5 Å².